The third-order valence-corrected chi connectivity index (χ3v) is 3.40. The number of pyridine rings is 1. The number of halogens is 3. The number of benzene rings is 1. The zero-order valence-electron chi connectivity index (χ0n) is 12.2. The molecule has 4 nitrogen and oxygen atoms in total. The Bertz CT molecular complexity index is 848. The molecule has 0 saturated carbocycles. The van der Waals surface area contributed by atoms with Crippen LogP contribution >= 0.6 is 0 Å². The molecule has 3 aromatic rings. The second-order valence-corrected chi connectivity index (χ2v) is 5.01. The highest BCUT2D eigenvalue weighted by atomic mass is 19.4. The second-order valence-electron chi connectivity index (χ2n) is 5.01. The van der Waals surface area contributed by atoms with Gasteiger partial charge in [-0.1, -0.05) is 18.2 Å². The standard InChI is InChI=1S/C16H13F3N4/c1-23-10-11(13-4-2-3-5-14(13)23)8-21-22-15-7-6-12(9-20-15)16(17,18)19/h2-10H,1H3,(H,20,22)/b21-8-. The first-order valence-corrected chi connectivity index (χ1v) is 6.81. The lowest BCUT2D eigenvalue weighted by Crippen LogP contribution is -2.05. The molecule has 118 valence electrons. The van der Waals surface area contributed by atoms with Gasteiger partial charge in [0.25, 0.3) is 0 Å². The number of hydrazone groups is 1. The number of aryl methyl sites for hydroxylation is 1. The molecule has 2 heterocycles. The number of hydrogen-bond acceptors (Lipinski definition) is 3. The monoisotopic (exact) mass is 318 g/mol. The first-order chi connectivity index (χ1) is 10.9. The van der Waals surface area contributed by atoms with E-state index in [4.69, 9.17) is 0 Å². The molecule has 0 aliphatic heterocycles. The maximum Gasteiger partial charge on any atom is 0.417 e. The van der Waals surface area contributed by atoms with Gasteiger partial charge in [-0.3, -0.25) is 5.43 Å². The number of nitrogens with zero attached hydrogens (tertiary/aromatic N) is 3. The minimum atomic E-state index is -4.39. The van der Waals surface area contributed by atoms with Crippen LogP contribution in [0.25, 0.3) is 10.9 Å². The molecule has 0 radical (unpaired) electrons. The first-order valence-electron chi connectivity index (χ1n) is 6.81. The van der Waals surface area contributed by atoms with Gasteiger partial charge in [0.05, 0.1) is 11.8 Å². The molecular formula is C16H13F3N4. The number of fused-ring (bicyclic) bond motifs is 1. The topological polar surface area (TPSA) is 42.2 Å². The Morgan fingerprint density at radius 1 is 1.17 bits per heavy atom. The van der Waals surface area contributed by atoms with Crippen molar-refractivity contribution in [2.75, 3.05) is 5.43 Å². The van der Waals surface area contributed by atoms with Gasteiger partial charge in [0, 0.05) is 35.9 Å². The quantitative estimate of drug-likeness (QED) is 0.585. The molecule has 0 aliphatic carbocycles. The van der Waals surface area contributed by atoms with E-state index in [-0.39, 0.29) is 5.82 Å². The van der Waals surface area contributed by atoms with Crippen LogP contribution in [0, 0.1) is 0 Å². The number of alkyl halides is 3. The molecule has 0 bridgehead atoms. The van der Waals surface area contributed by atoms with E-state index in [1.54, 1.807) is 6.21 Å². The lowest BCUT2D eigenvalue weighted by molar-refractivity contribution is -0.137. The van der Waals surface area contributed by atoms with Crippen molar-refractivity contribution in [2.45, 2.75) is 6.18 Å². The molecule has 0 unspecified atom stereocenters. The summed E-state index contributed by atoms with van der Waals surface area (Å²) in [5.41, 5.74) is 3.81. The Morgan fingerprint density at radius 3 is 2.65 bits per heavy atom. The van der Waals surface area contributed by atoms with Gasteiger partial charge >= 0.3 is 6.18 Å². The summed E-state index contributed by atoms with van der Waals surface area (Å²) in [5, 5.41) is 5.08. The van der Waals surface area contributed by atoms with E-state index in [1.165, 1.54) is 6.07 Å². The fraction of sp³-hybridized carbons (Fsp3) is 0.125. The molecule has 3 rings (SSSR count). The second kappa shape index (κ2) is 5.75. The summed E-state index contributed by atoms with van der Waals surface area (Å²) in [6.45, 7) is 0. The molecule has 1 aromatic carbocycles. The van der Waals surface area contributed by atoms with E-state index in [1.807, 2.05) is 42.1 Å². The van der Waals surface area contributed by atoms with Gasteiger partial charge in [0.2, 0.25) is 0 Å². The summed E-state index contributed by atoms with van der Waals surface area (Å²) in [6.07, 6.45) is -0.0781. The first kappa shape index (κ1) is 15.1. The van der Waals surface area contributed by atoms with Crippen molar-refractivity contribution in [3.05, 3.63) is 59.9 Å². The Hall–Kier alpha value is -2.83. The maximum absolute atomic E-state index is 12.5. The Balaban J connectivity index is 1.76. The van der Waals surface area contributed by atoms with E-state index >= 15 is 0 Å². The largest absolute Gasteiger partial charge is 0.417 e. The van der Waals surface area contributed by atoms with Gasteiger partial charge in [0.15, 0.2) is 0 Å². The van der Waals surface area contributed by atoms with Crippen LogP contribution in [-0.2, 0) is 13.2 Å². The molecule has 0 fully saturated rings. The normalized spacial score (nSPS) is 12.2. The Morgan fingerprint density at radius 2 is 1.96 bits per heavy atom. The van der Waals surface area contributed by atoms with Gasteiger partial charge < -0.3 is 4.57 Å². The van der Waals surface area contributed by atoms with Crippen molar-refractivity contribution in [2.24, 2.45) is 12.1 Å². The predicted molar refractivity (Wildman–Crippen MR) is 83.4 cm³/mol. The molecule has 7 heteroatoms. The fourth-order valence-electron chi connectivity index (χ4n) is 2.27. The molecule has 1 N–H and O–H groups in total. The number of nitrogens with one attached hydrogen (secondary N) is 1. The zero-order chi connectivity index (χ0) is 16.4. The number of aromatic nitrogens is 2. The van der Waals surface area contributed by atoms with Crippen LogP contribution in [0.5, 0.6) is 0 Å². The Kier molecular flexibility index (Phi) is 3.77. The molecule has 2 aromatic heterocycles. The van der Waals surface area contributed by atoms with E-state index in [2.05, 4.69) is 15.5 Å². The average Bonchev–Trinajstić information content (AvgIpc) is 2.84. The van der Waals surface area contributed by atoms with Crippen molar-refractivity contribution in [3.63, 3.8) is 0 Å². The third kappa shape index (κ3) is 3.18. The van der Waals surface area contributed by atoms with Crippen LogP contribution in [0.3, 0.4) is 0 Å². The molecule has 23 heavy (non-hydrogen) atoms. The van der Waals surface area contributed by atoms with Crippen LogP contribution in [0.2, 0.25) is 0 Å². The predicted octanol–water partition coefficient (Wildman–Crippen LogP) is 4.04. The summed E-state index contributed by atoms with van der Waals surface area (Å²) in [7, 11) is 1.94. The summed E-state index contributed by atoms with van der Waals surface area (Å²) in [6, 6.07) is 10.1. The molecule has 0 amide bonds. The zero-order valence-corrected chi connectivity index (χ0v) is 12.2. The van der Waals surface area contributed by atoms with E-state index in [0.29, 0.717) is 0 Å². The summed E-state index contributed by atoms with van der Waals surface area (Å²) in [4.78, 5) is 3.69. The number of rotatable bonds is 3. The molecule has 0 aliphatic rings. The van der Waals surface area contributed by atoms with E-state index in [0.717, 1.165) is 28.7 Å². The maximum atomic E-state index is 12.5. The van der Waals surface area contributed by atoms with E-state index in [9.17, 15) is 13.2 Å². The van der Waals surface area contributed by atoms with Gasteiger partial charge in [-0.2, -0.15) is 18.3 Å². The molecule has 0 spiro atoms. The summed E-state index contributed by atoms with van der Waals surface area (Å²) in [5.74, 6) is 0.245. The highest BCUT2D eigenvalue weighted by Crippen LogP contribution is 2.28. The SMILES string of the molecule is Cn1cc(/C=N\Nc2ccc(C(F)(F)F)cn2)c2ccccc21. The Labute approximate surface area is 130 Å². The highest BCUT2D eigenvalue weighted by Gasteiger charge is 2.30. The van der Waals surface area contributed by atoms with Crippen molar-refractivity contribution in [3.8, 4) is 0 Å². The van der Waals surface area contributed by atoms with Crippen LogP contribution in [0.4, 0.5) is 19.0 Å². The number of anilines is 1. The van der Waals surface area contributed by atoms with Gasteiger partial charge in [-0.25, -0.2) is 4.98 Å². The van der Waals surface area contributed by atoms with Gasteiger partial charge in [-0.15, -0.1) is 0 Å². The minimum Gasteiger partial charge on any atom is -0.350 e. The summed E-state index contributed by atoms with van der Waals surface area (Å²) >= 11 is 0. The highest BCUT2D eigenvalue weighted by molar-refractivity contribution is 5.99. The lowest BCUT2D eigenvalue weighted by atomic mass is 10.2. The van der Waals surface area contributed by atoms with Gasteiger partial charge in [0.1, 0.15) is 5.82 Å². The molecular weight excluding hydrogens is 305 g/mol. The minimum absolute atomic E-state index is 0.245. The number of para-hydroxylation sites is 1. The lowest BCUT2D eigenvalue weighted by Gasteiger charge is -2.06. The van der Waals surface area contributed by atoms with Crippen molar-refractivity contribution in [1.82, 2.24) is 9.55 Å². The van der Waals surface area contributed by atoms with Crippen molar-refractivity contribution >= 4 is 22.9 Å². The van der Waals surface area contributed by atoms with Crippen molar-refractivity contribution in [1.29, 1.82) is 0 Å². The van der Waals surface area contributed by atoms with Crippen LogP contribution in [0.1, 0.15) is 11.1 Å². The molecule has 0 atom stereocenters. The van der Waals surface area contributed by atoms with Crippen LogP contribution < -0.4 is 5.43 Å². The third-order valence-electron chi connectivity index (χ3n) is 3.40. The van der Waals surface area contributed by atoms with Gasteiger partial charge in [-0.05, 0) is 18.2 Å². The van der Waals surface area contributed by atoms with Crippen LogP contribution in [0.15, 0.2) is 53.9 Å². The molecule has 0 saturated heterocycles. The van der Waals surface area contributed by atoms with E-state index < -0.39 is 11.7 Å². The fourth-order valence-corrected chi connectivity index (χ4v) is 2.27. The number of hydrogen-bond donors (Lipinski definition) is 1. The average molecular weight is 318 g/mol. The summed E-state index contributed by atoms with van der Waals surface area (Å²) < 4.78 is 39.3. The van der Waals surface area contributed by atoms with Crippen LogP contribution in [-0.4, -0.2) is 15.8 Å². The smallest absolute Gasteiger partial charge is 0.350 e. The van der Waals surface area contributed by atoms with Crippen molar-refractivity contribution < 1.29 is 13.2 Å².